The molecule has 22 heavy (non-hydrogen) atoms. The van der Waals surface area contributed by atoms with Crippen LogP contribution in [0.3, 0.4) is 0 Å². The van der Waals surface area contributed by atoms with Gasteiger partial charge in [-0.3, -0.25) is 4.79 Å². The van der Waals surface area contributed by atoms with Gasteiger partial charge >= 0.3 is 5.97 Å². The second kappa shape index (κ2) is 7.74. The number of carbonyl (C=O) groups excluding carboxylic acids is 2. The van der Waals surface area contributed by atoms with Gasteiger partial charge in [0.05, 0.1) is 0 Å². The van der Waals surface area contributed by atoms with Gasteiger partial charge in [0, 0.05) is 10.9 Å². The van der Waals surface area contributed by atoms with Crippen LogP contribution in [0.25, 0.3) is 0 Å². The smallest absolute Gasteiger partial charge is 0.348 e. The quantitative estimate of drug-likeness (QED) is 0.792. The van der Waals surface area contributed by atoms with E-state index in [1.165, 1.54) is 34.1 Å². The van der Waals surface area contributed by atoms with Crippen LogP contribution in [-0.4, -0.2) is 23.6 Å². The SMILES string of the molecule is CCCc1sc(C(=O)OCC(=O)Nc2ccon2)cc1CC. The van der Waals surface area contributed by atoms with Gasteiger partial charge < -0.3 is 14.6 Å². The molecule has 6 nitrogen and oxygen atoms in total. The first-order valence-corrected chi connectivity index (χ1v) is 7.94. The van der Waals surface area contributed by atoms with E-state index in [0.29, 0.717) is 4.88 Å². The first-order valence-electron chi connectivity index (χ1n) is 7.13. The van der Waals surface area contributed by atoms with E-state index < -0.39 is 11.9 Å². The molecule has 0 aliphatic carbocycles. The molecule has 118 valence electrons. The van der Waals surface area contributed by atoms with Crippen molar-refractivity contribution >= 4 is 29.0 Å². The van der Waals surface area contributed by atoms with E-state index in [4.69, 9.17) is 4.74 Å². The number of nitrogens with one attached hydrogen (secondary N) is 1. The van der Waals surface area contributed by atoms with Crippen molar-refractivity contribution in [1.82, 2.24) is 5.16 Å². The third-order valence-electron chi connectivity index (χ3n) is 3.00. The van der Waals surface area contributed by atoms with E-state index in [0.717, 1.165) is 19.3 Å². The minimum Gasteiger partial charge on any atom is -0.451 e. The normalized spacial score (nSPS) is 10.5. The minimum atomic E-state index is -0.475. The Hall–Kier alpha value is -2.15. The summed E-state index contributed by atoms with van der Waals surface area (Å²) in [6.45, 7) is 3.81. The Labute approximate surface area is 132 Å². The number of esters is 1. The van der Waals surface area contributed by atoms with Crippen molar-refractivity contribution in [3.63, 3.8) is 0 Å². The number of rotatable bonds is 7. The molecule has 2 heterocycles. The summed E-state index contributed by atoms with van der Waals surface area (Å²) in [7, 11) is 0. The third kappa shape index (κ3) is 4.17. The average molecular weight is 322 g/mol. The summed E-state index contributed by atoms with van der Waals surface area (Å²) in [6.07, 6.45) is 4.20. The molecule has 0 saturated heterocycles. The molecule has 0 saturated carbocycles. The maximum Gasteiger partial charge on any atom is 0.348 e. The Bertz CT molecular complexity index is 634. The Balaban J connectivity index is 1.90. The zero-order valence-electron chi connectivity index (χ0n) is 12.5. The number of aromatic nitrogens is 1. The van der Waals surface area contributed by atoms with Crippen LogP contribution < -0.4 is 5.32 Å². The van der Waals surface area contributed by atoms with Crippen LogP contribution in [0, 0.1) is 0 Å². The molecular formula is C15H18N2O4S. The highest BCUT2D eigenvalue weighted by Gasteiger charge is 2.16. The summed E-state index contributed by atoms with van der Waals surface area (Å²) in [5.41, 5.74) is 1.17. The molecule has 0 aliphatic rings. The zero-order valence-corrected chi connectivity index (χ0v) is 13.4. The summed E-state index contributed by atoms with van der Waals surface area (Å²) in [6, 6.07) is 3.36. The first-order chi connectivity index (χ1) is 10.6. The predicted molar refractivity (Wildman–Crippen MR) is 83.1 cm³/mol. The summed E-state index contributed by atoms with van der Waals surface area (Å²) >= 11 is 1.44. The fourth-order valence-electron chi connectivity index (χ4n) is 1.96. The van der Waals surface area contributed by atoms with Crippen LogP contribution in [0.15, 0.2) is 22.9 Å². The minimum absolute atomic E-state index is 0.288. The first kappa shape index (κ1) is 16.2. The highest BCUT2D eigenvalue weighted by atomic mass is 32.1. The Morgan fingerprint density at radius 1 is 1.41 bits per heavy atom. The second-order valence-electron chi connectivity index (χ2n) is 4.67. The number of aryl methyl sites for hydroxylation is 2. The molecule has 0 spiro atoms. The largest absolute Gasteiger partial charge is 0.451 e. The van der Waals surface area contributed by atoms with Crippen molar-refractivity contribution in [1.29, 1.82) is 0 Å². The van der Waals surface area contributed by atoms with Crippen molar-refractivity contribution in [2.75, 3.05) is 11.9 Å². The van der Waals surface area contributed by atoms with Crippen molar-refractivity contribution < 1.29 is 18.8 Å². The molecule has 0 unspecified atom stereocenters. The van der Waals surface area contributed by atoms with Crippen molar-refractivity contribution in [2.24, 2.45) is 0 Å². The van der Waals surface area contributed by atoms with Crippen LogP contribution >= 0.6 is 11.3 Å². The van der Waals surface area contributed by atoms with Crippen LogP contribution in [0.4, 0.5) is 5.82 Å². The fourth-order valence-corrected chi connectivity index (χ4v) is 3.21. The van der Waals surface area contributed by atoms with Gasteiger partial charge in [0.25, 0.3) is 5.91 Å². The average Bonchev–Trinajstić information content (AvgIpc) is 3.14. The van der Waals surface area contributed by atoms with E-state index in [2.05, 4.69) is 28.8 Å². The van der Waals surface area contributed by atoms with Crippen molar-refractivity contribution in [3.05, 3.63) is 33.7 Å². The Kier molecular flexibility index (Phi) is 5.71. The van der Waals surface area contributed by atoms with Gasteiger partial charge in [-0.05, 0) is 24.5 Å². The lowest BCUT2D eigenvalue weighted by atomic mass is 10.1. The van der Waals surface area contributed by atoms with Crippen molar-refractivity contribution in [2.45, 2.75) is 33.1 Å². The molecule has 2 aromatic heterocycles. The maximum atomic E-state index is 12.0. The third-order valence-corrected chi connectivity index (χ3v) is 4.21. The number of amides is 1. The lowest BCUT2D eigenvalue weighted by Crippen LogP contribution is -2.20. The zero-order chi connectivity index (χ0) is 15.9. The van der Waals surface area contributed by atoms with E-state index >= 15 is 0 Å². The predicted octanol–water partition coefficient (Wildman–Crippen LogP) is 3.05. The van der Waals surface area contributed by atoms with Gasteiger partial charge in [-0.15, -0.1) is 11.3 Å². The van der Waals surface area contributed by atoms with Crippen LogP contribution in [0.2, 0.25) is 0 Å². The van der Waals surface area contributed by atoms with Gasteiger partial charge in [0.15, 0.2) is 12.4 Å². The topological polar surface area (TPSA) is 81.4 Å². The standard InChI is InChI=1S/C15H18N2O4S/c1-3-5-11-10(4-2)8-12(22-11)15(19)20-9-14(18)16-13-6-7-21-17-13/h6-8H,3-5,9H2,1-2H3,(H,16,17,18). The molecule has 7 heteroatoms. The number of carbonyl (C=O) groups is 2. The number of thiophene rings is 1. The summed E-state index contributed by atoms with van der Waals surface area (Å²) in [5, 5.41) is 6.00. The fraction of sp³-hybridized carbons (Fsp3) is 0.400. The molecule has 0 fully saturated rings. The molecule has 1 amide bonds. The van der Waals surface area contributed by atoms with Crippen LogP contribution in [0.5, 0.6) is 0 Å². The molecule has 1 N–H and O–H groups in total. The lowest BCUT2D eigenvalue weighted by Gasteiger charge is -2.02. The highest BCUT2D eigenvalue weighted by Crippen LogP contribution is 2.25. The Morgan fingerprint density at radius 3 is 2.86 bits per heavy atom. The van der Waals surface area contributed by atoms with Crippen molar-refractivity contribution in [3.8, 4) is 0 Å². The Morgan fingerprint density at radius 2 is 2.23 bits per heavy atom. The molecule has 2 rings (SSSR count). The number of hydrogen-bond donors (Lipinski definition) is 1. The second-order valence-corrected chi connectivity index (χ2v) is 5.81. The van der Waals surface area contributed by atoms with E-state index in [1.807, 2.05) is 6.07 Å². The monoisotopic (exact) mass is 322 g/mol. The summed E-state index contributed by atoms with van der Waals surface area (Å²) in [4.78, 5) is 25.4. The van der Waals surface area contributed by atoms with Gasteiger partial charge in [-0.1, -0.05) is 25.4 Å². The summed E-state index contributed by atoms with van der Waals surface area (Å²) < 4.78 is 9.62. The number of anilines is 1. The lowest BCUT2D eigenvalue weighted by molar-refractivity contribution is -0.119. The molecule has 0 bridgehead atoms. The number of hydrogen-bond acceptors (Lipinski definition) is 6. The van der Waals surface area contributed by atoms with Crippen LogP contribution in [-0.2, 0) is 22.4 Å². The van der Waals surface area contributed by atoms with Gasteiger partial charge in [-0.25, -0.2) is 4.79 Å². The van der Waals surface area contributed by atoms with E-state index in [-0.39, 0.29) is 12.4 Å². The molecule has 0 atom stereocenters. The van der Waals surface area contributed by atoms with Crippen LogP contribution in [0.1, 0.15) is 40.4 Å². The van der Waals surface area contributed by atoms with Gasteiger partial charge in [0.2, 0.25) is 0 Å². The van der Waals surface area contributed by atoms with Gasteiger partial charge in [0.1, 0.15) is 11.1 Å². The molecule has 2 aromatic rings. The molecule has 0 aromatic carbocycles. The maximum absolute atomic E-state index is 12.0. The molecule has 0 radical (unpaired) electrons. The molecular weight excluding hydrogens is 304 g/mol. The summed E-state index contributed by atoms with van der Waals surface area (Å²) in [5.74, 6) is -0.642. The van der Waals surface area contributed by atoms with E-state index in [9.17, 15) is 9.59 Å². The number of ether oxygens (including phenoxy) is 1. The van der Waals surface area contributed by atoms with E-state index in [1.54, 1.807) is 0 Å². The van der Waals surface area contributed by atoms with Gasteiger partial charge in [-0.2, -0.15) is 0 Å². The highest BCUT2D eigenvalue weighted by molar-refractivity contribution is 7.14. The number of nitrogens with zero attached hydrogens (tertiary/aromatic N) is 1. The molecule has 0 aliphatic heterocycles.